The van der Waals surface area contributed by atoms with Crippen LogP contribution in [0.4, 0.5) is 0 Å². The van der Waals surface area contributed by atoms with Gasteiger partial charge >= 0.3 is 8.56 Å². The van der Waals surface area contributed by atoms with E-state index in [0.29, 0.717) is 0 Å². The van der Waals surface area contributed by atoms with Crippen LogP contribution in [-0.4, -0.2) is 22.8 Å². The van der Waals surface area contributed by atoms with Crippen molar-refractivity contribution in [1.29, 1.82) is 0 Å². The molecule has 0 aromatic carbocycles. The van der Waals surface area contributed by atoms with Gasteiger partial charge in [0.25, 0.3) is 0 Å². The van der Waals surface area contributed by atoms with Gasteiger partial charge in [-0.1, -0.05) is 39.5 Å². The van der Waals surface area contributed by atoms with Gasteiger partial charge in [0.15, 0.2) is 0 Å². The zero-order valence-electron chi connectivity index (χ0n) is 9.56. The minimum Gasteiger partial charge on any atom is -0.398 e. The molecule has 0 unspecified atom stereocenters. The fourth-order valence-electron chi connectivity index (χ4n) is 1.57. The number of unbranched alkanes of at least 4 members (excludes halogenated alkanes) is 3. The summed E-state index contributed by atoms with van der Waals surface area (Å²) in [6, 6.07) is 2.21. The molecule has 0 saturated heterocycles. The second-order valence-electron chi connectivity index (χ2n) is 3.48. The normalized spacial score (nSPS) is 12.0. The van der Waals surface area contributed by atoms with E-state index in [-0.39, 0.29) is 0 Å². The predicted molar refractivity (Wildman–Crippen MR) is 59.2 cm³/mol. The molecule has 80 valence electrons. The van der Waals surface area contributed by atoms with Crippen LogP contribution in [0.5, 0.6) is 0 Å². The molecule has 0 amide bonds. The van der Waals surface area contributed by atoms with Crippen LogP contribution < -0.4 is 0 Å². The average Bonchev–Trinajstić information content (AvgIpc) is 2.20. The molecule has 3 heteroatoms. The van der Waals surface area contributed by atoms with Crippen LogP contribution in [0.3, 0.4) is 0 Å². The van der Waals surface area contributed by atoms with Crippen molar-refractivity contribution in [2.24, 2.45) is 0 Å². The van der Waals surface area contributed by atoms with Gasteiger partial charge in [0.1, 0.15) is 0 Å². The van der Waals surface area contributed by atoms with E-state index in [0.717, 1.165) is 12.1 Å². The van der Waals surface area contributed by atoms with Crippen molar-refractivity contribution >= 4 is 8.56 Å². The molecule has 2 nitrogen and oxygen atoms in total. The molecular formula is C10H24O2Si. The minimum atomic E-state index is -1.77. The van der Waals surface area contributed by atoms with Gasteiger partial charge in [0.2, 0.25) is 0 Å². The van der Waals surface area contributed by atoms with Gasteiger partial charge in [0.05, 0.1) is 0 Å². The number of rotatable bonds is 8. The Balaban J connectivity index is 3.68. The summed E-state index contributed by atoms with van der Waals surface area (Å²) in [5.41, 5.74) is 0. The summed E-state index contributed by atoms with van der Waals surface area (Å²) in [5, 5.41) is 0. The van der Waals surface area contributed by atoms with Gasteiger partial charge < -0.3 is 8.85 Å². The van der Waals surface area contributed by atoms with Crippen LogP contribution in [0, 0.1) is 0 Å². The predicted octanol–water partition coefficient (Wildman–Crippen LogP) is 3.32. The summed E-state index contributed by atoms with van der Waals surface area (Å²) < 4.78 is 11.1. The van der Waals surface area contributed by atoms with Crippen molar-refractivity contribution in [1.82, 2.24) is 0 Å². The highest BCUT2D eigenvalue weighted by Crippen LogP contribution is 2.20. The quantitative estimate of drug-likeness (QED) is 0.446. The van der Waals surface area contributed by atoms with Crippen LogP contribution in [0.2, 0.25) is 12.1 Å². The second kappa shape index (κ2) is 7.53. The highest BCUT2D eigenvalue weighted by atomic mass is 28.4. The maximum atomic E-state index is 5.53. The van der Waals surface area contributed by atoms with Crippen molar-refractivity contribution in [3.63, 3.8) is 0 Å². The average molecular weight is 204 g/mol. The molecule has 0 bridgehead atoms. The van der Waals surface area contributed by atoms with Gasteiger partial charge in [-0.3, -0.25) is 0 Å². The third kappa shape index (κ3) is 4.79. The summed E-state index contributed by atoms with van der Waals surface area (Å²) in [5.74, 6) is 0. The Morgan fingerprint density at radius 1 is 0.923 bits per heavy atom. The zero-order chi connectivity index (χ0) is 10.2. The van der Waals surface area contributed by atoms with Crippen molar-refractivity contribution in [2.45, 2.75) is 51.6 Å². The first-order valence-corrected chi connectivity index (χ1v) is 7.58. The van der Waals surface area contributed by atoms with E-state index in [1.807, 2.05) is 0 Å². The first-order chi connectivity index (χ1) is 6.24. The Morgan fingerprint density at radius 3 is 1.92 bits per heavy atom. The molecule has 0 spiro atoms. The van der Waals surface area contributed by atoms with Crippen LogP contribution in [-0.2, 0) is 8.85 Å². The summed E-state index contributed by atoms with van der Waals surface area (Å²) in [4.78, 5) is 0. The minimum absolute atomic E-state index is 1.06. The van der Waals surface area contributed by atoms with E-state index in [1.54, 1.807) is 14.2 Å². The molecule has 0 fully saturated rings. The van der Waals surface area contributed by atoms with Crippen molar-refractivity contribution in [2.75, 3.05) is 14.2 Å². The van der Waals surface area contributed by atoms with E-state index in [2.05, 4.69) is 13.8 Å². The third-order valence-electron chi connectivity index (χ3n) is 2.69. The molecule has 0 radical (unpaired) electrons. The molecular weight excluding hydrogens is 180 g/mol. The largest absolute Gasteiger partial charge is 0.398 e. The number of hydrogen-bond donors (Lipinski definition) is 0. The SMILES string of the molecule is CCCCCC[Si](CC)(OC)OC. The lowest BCUT2D eigenvalue weighted by Gasteiger charge is -2.25. The summed E-state index contributed by atoms with van der Waals surface area (Å²) in [6.07, 6.45) is 5.20. The highest BCUT2D eigenvalue weighted by molar-refractivity contribution is 6.67. The van der Waals surface area contributed by atoms with Gasteiger partial charge in [-0.2, -0.15) is 0 Å². The van der Waals surface area contributed by atoms with Crippen molar-refractivity contribution in [3.8, 4) is 0 Å². The molecule has 0 aliphatic heterocycles. The standard InChI is InChI=1S/C10H24O2Si/c1-5-7-8-9-10-13(6-2,11-3)12-4/h5-10H2,1-4H3. The molecule has 0 N–H and O–H groups in total. The van der Waals surface area contributed by atoms with Crippen LogP contribution in [0.25, 0.3) is 0 Å². The molecule has 0 saturated carbocycles. The molecule has 0 aromatic heterocycles. The van der Waals surface area contributed by atoms with E-state index < -0.39 is 8.56 Å². The van der Waals surface area contributed by atoms with Crippen LogP contribution in [0.15, 0.2) is 0 Å². The Bertz CT molecular complexity index is 105. The molecule has 0 heterocycles. The lowest BCUT2D eigenvalue weighted by atomic mass is 10.2. The number of hydrogen-bond acceptors (Lipinski definition) is 2. The third-order valence-corrected chi connectivity index (χ3v) is 6.37. The second-order valence-corrected chi connectivity index (χ2v) is 7.33. The molecule has 0 atom stereocenters. The fourth-order valence-corrected chi connectivity index (χ4v) is 3.87. The Morgan fingerprint density at radius 2 is 1.54 bits per heavy atom. The molecule has 13 heavy (non-hydrogen) atoms. The van der Waals surface area contributed by atoms with Crippen molar-refractivity contribution in [3.05, 3.63) is 0 Å². The lowest BCUT2D eigenvalue weighted by Crippen LogP contribution is -2.38. The Kier molecular flexibility index (Phi) is 7.61. The van der Waals surface area contributed by atoms with E-state index in [9.17, 15) is 0 Å². The first-order valence-electron chi connectivity index (χ1n) is 5.35. The topological polar surface area (TPSA) is 18.5 Å². The molecule has 0 aliphatic rings. The smallest absolute Gasteiger partial charge is 0.337 e. The maximum absolute atomic E-state index is 5.53. The molecule has 0 aromatic rings. The molecule has 0 aliphatic carbocycles. The van der Waals surface area contributed by atoms with Gasteiger partial charge in [-0.05, 0) is 12.1 Å². The van der Waals surface area contributed by atoms with E-state index in [1.165, 1.54) is 25.7 Å². The van der Waals surface area contributed by atoms with Gasteiger partial charge in [-0.25, -0.2) is 0 Å². The monoisotopic (exact) mass is 204 g/mol. The highest BCUT2D eigenvalue weighted by Gasteiger charge is 2.31. The van der Waals surface area contributed by atoms with Crippen molar-refractivity contribution < 1.29 is 8.85 Å². The summed E-state index contributed by atoms with van der Waals surface area (Å²) >= 11 is 0. The van der Waals surface area contributed by atoms with Gasteiger partial charge in [0, 0.05) is 14.2 Å². The lowest BCUT2D eigenvalue weighted by molar-refractivity contribution is 0.241. The summed E-state index contributed by atoms with van der Waals surface area (Å²) in [7, 11) is 1.81. The van der Waals surface area contributed by atoms with Crippen LogP contribution in [0.1, 0.15) is 39.5 Å². The van der Waals surface area contributed by atoms with E-state index in [4.69, 9.17) is 8.85 Å². The van der Waals surface area contributed by atoms with E-state index >= 15 is 0 Å². The fraction of sp³-hybridized carbons (Fsp3) is 1.00. The van der Waals surface area contributed by atoms with Crippen LogP contribution >= 0.6 is 0 Å². The first kappa shape index (κ1) is 13.1. The van der Waals surface area contributed by atoms with Gasteiger partial charge in [-0.15, -0.1) is 0 Å². The maximum Gasteiger partial charge on any atom is 0.337 e. The Hall–Kier alpha value is 0.137. The zero-order valence-corrected chi connectivity index (χ0v) is 10.6. The molecule has 0 rings (SSSR count). The summed E-state index contributed by atoms with van der Waals surface area (Å²) in [6.45, 7) is 4.40. The Labute approximate surface area is 83.9 Å².